The zero-order valence-corrected chi connectivity index (χ0v) is 18.3. The molecule has 3 heterocycles. The summed E-state index contributed by atoms with van der Waals surface area (Å²) in [5.41, 5.74) is 3.66. The molecular formula is C27H23N3O4. The molecule has 2 aliphatic heterocycles. The van der Waals surface area contributed by atoms with Crippen LogP contribution in [0.4, 0.5) is 10.8 Å². The number of ether oxygens (including phenoxy) is 1. The number of cyclic esters (lactones) is 1. The Balaban J connectivity index is 0.000000169. The highest BCUT2D eigenvalue weighted by atomic mass is 16.6. The van der Waals surface area contributed by atoms with E-state index in [0.717, 1.165) is 16.6 Å². The molecule has 0 saturated carbocycles. The standard InChI is InChI=1S/C18H14N2O2.C9H9NO2/c21-17-12-14(11-10-13-6-2-1-3-7-13)20(17)18-19-15-8-4-5-9-16(15)22-18;11-9-10-8(6-12-9)7-4-2-1-3-5-7/h1-11,14H,12H2;1-5,8H,6H2,(H,10,11)/b11-10+;/t14-;8-/m11/s1. The summed E-state index contributed by atoms with van der Waals surface area (Å²) in [6.07, 6.45) is 4.20. The van der Waals surface area contributed by atoms with Crippen LogP contribution in [0.5, 0.6) is 0 Å². The first-order valence-corrected chi connectivity index (χ1v) is 11.1. The first-order chi connectivity index (χ1) is 16.7. The molecule has 0 spiro atoms. The number of hydrogen-bond acceptors (Lipinski definition) is 5. The van der Waals surface area contributed by atoms with Gasteiger partial charge in [-0.2, -0.15) is 4.98 Å². The van der Waals surface area contributed by atoms with Crippen LogP contribution in [0.15, 0.2) is 95.4 Å². The Morgan fingerprint density at radius 1 is 0.912 bits per heavy atom. The van der Waals surface area contributed by atoms with Crippen molar-refractivity contribution in [2.24, 2.45) is 0 Å². The van der Waals surface area contributed by atoms with E-state index in [-0.39, 0.29) is 24.1 Å². The molecule has 2 atom stereocenters. The van der Waals surface area contributed by atoms with Gasteiger partial charge in [0.15, 0.2) is 5.58 Å². The van der Waals surface area contributed by atoms with Crippen LogP contribution in [0.1, 0.15) is 23.6 Å². The van der Waals surface area contributed by atoms with E-state index < -0.39 is 0 Å². The molecule has 7 nitrogen and oxygen atoms in total. The van der Waals surface area contributed by atoms with Crippen LogP contribution in [0.25, 0.3) is 17.2 Å². The topological polar surface area (TPSA) is 84.7 Å². The van der Waals surface area contributed by atoms with Gasteiger partial charge in [-0.15, -0.1) is 0 Å². The van der Waals surface area contributed by atoms with Gasteiger partial charge in [0.2, 0.25) is 5.91 Å². The van der Waals surface area contributed by atoms with Crippen molar-refractivity contribution in [2.45, 2.75) is 18.5 Å². The molecule has 2 amide bonds. The summed E-state index contributed by atoms with van der Waals surface area (Å²) in [5, 5.41) is 2.71. The second-order valence-electron chi connectivity index (χ2n) is 7.98. The average molecular weight is 453 g/mol. The van der Waals surface area contributed by atoms with Gasteiger partial charge in [-0.05, 0) is 23.3 Å². The number of benzene rings is 3. The molecule has 6 rings (SSSR count). The van der Waals surface area contributed by atoms with Crippen molar-refractivity contribution < 1.29 is 18.7 Å². The molecular weight excluding hydrogens is 430 g/mol. The minimum atomic E-state index is -0.330. The van der Waals surface area contributed by atoms with Crippen molar-refractivity contribution >= 4 is 35.2 Å². The second kappa shape index (κ2) is 9.62. The summed E-state index contributed by atoms with van der Waals surface area (Å²) < 4.78 is 10.5. The van der Waals surface area contributed by atoms with E-state index in [2.05, 4.69) is 10.3 Å². The Hall–Kier alpha value is -4.39. The maximum absolute atomic E-state index is 11.9. The number of fused-ring (bicyclic) bond motifs is 1. The number of para-hydroxylation sites is 2. The summed E-state index contributed by atoms with van der Waals surface area (Å²) in [7, 11) is 0. The molecule has 0 radical (unpaired) electrons. The van der Waals surface area contributed by atoms with Gasteiger partial charge in [0, 0.05) is 0 Å². The van der Waals surface area contributed by atoms with E-state index in [4.69, 9.17) is 9.15 Å². The highest BCUT2D eigenvalue weighted by Gasteiger charge is 2.38. The monoisotopic (exact) mass is 453 g/mol. The number of hydrogen-bond donors (Lipinski definition) is 1. The van der Waals surface area contributed by atoms with Gasteiger partial charge in [0.1, 0.15) is 12.1 Å². The fourth-order valence-corrected chi connectivity index (χ4v) is 3.84. The lowest BCUT2D eigenvalue weighted by molar-refractivity contribution is -0.123. The molecule has 7 heteroatoms. The van der Waals surface area contributed by atoms with Crippen LogP contribution < -0.4 is 10.2 Å². The van der Waals surface area contributed by atoms with Crippen LogP contribution in [0, 0.1) is 0 Å². The van der Waals surface area contributed by atoms with Crippen LogP contribution in [0.3, 0.4) is 0 Å². The van der Waals surface area contributed by atoms with Crippen LogP contribution in [-0.4, -0.2) is 29.6 Å². The Bertz CT molecular complexity index is 1280. The molecule has 0 bridgehead atoms. The van der Waals surface area contributed by atoms with Gasteiger partial charge in [0.25, 0.3) is 0 Å². The van der Waals surface area contributed by atoms with Gasteiger partial charge in [-0.25, -0.2) is 4.79 Å². The van der Waals surface area contributed by atoms with Gasteiger partial charge in [-0.1, -0.05) is 84.9 Å². The molecule has 2 aliphatic rings. The highest BCUT2D eigenvalue weighted by molar-refractivity contribution is 6.00. The Morgan fingerprint density at radius 3 is 2.29 bits per heavy atom. The van der Waals surface area contributed by atoms with Crippen molar-refractivity contribution in [1.29, 1.82) is 0 Å². The van der Waals surface area contributed by atoms with Crippen molar-refractivity contribution in [3.05, 3.63) is 102 Å². The van der Waals surface area contributed by atoms with Gasteiger partial charge < -0.3 is 14.5 Å². The molecule has 1 aromatic heterocycles. The maximum Gasteiger partial charge on any atom is 0.407 e. The number of anilines is 1. The number of rotatable bonds is 4. The van der Waals surface area contributed by atoms with E-state index in [9.17, 15) is 9.59 Å². The summed E-state index contributed by atoms with van der Waals surface area (Å²) in [5.74, 6) is 0.0364. The summed E-state index contributed by atoms with van der Waals surface area (Å²) in [6, 6.07) is 27.7. The normalized spacial score (nSPS) is 19.4. The molecule has 2 fully saturated rings. The van der Waals surface area contributed by atoms with Crippen LogP contribution >= 0.6 is 0 Å². The zero-order valence-electron chi connectivity index (χ0n) is 18.3. The molecule has 3 aromatic carbocycles. The molecule has 1 N–H and O–H groups in total. The maximum atomic E-state index is 11.9. The van der Waals surface area contributed by atoms with Gasteiger partial charge in [0.05, 0.1) is 18.5 Å². The summed E-state index contributed by atoms with van der Waals surface area (Å²) in [6.45, 7) is 0.433. The predicted octanol–water partition coefficient (Wildman–Crippen LogP) is 5.11. The highest BCUT2D eigenvalue weighted by Crippen LogP contribution is 2.31. The fraction of sp³-hybridized carbons (Fsp3) is 0.148. The van der Waals surface area contributed by atoms with Gasteiger partial charge in [-0.3, -0.25) is 9.69 Å². The molecule has 0 unspecified atom stereocenters. The number of carbonyl (C=O) groups excluding carboxylic acids is 2. The number of aromatic nitrogens is 1. The van der Waals surface area contributed by atoms with Crippen molar-refractivity contribution in [3.8, 4) is 0 Å². The first kappa shape index (κ1) is 21.5. The lowest BCUT2D eigenvalue weighted by atomic mass is 10.0. The van der Waals surface area contributed by atoms with E-state index in [1.165, 1.54) is 0 Å². The van der Waals surface area contributed by atoms with E-state index >= 15 is 0 Å². The zero-order chi connectivity index (χ0) is 23.3. The second-order valence-corrected chi connectivity index (χ2v) is 7.98. The Labute approximate surface area is 196 Å². The summed E-state index contributed by atoms with van der Waals surface area (Å²) >= 11 is 0. The van der Waals surface area contributed by atoms with E-state index in [1.54, 1.807) is 4.90 Å². The fourth-order valence-electron chi connectivity index (χ4n) is 3.84. The quantitative estimate of drug-likeness (QED) is 0.434. The number of alkyl carbamates (subject to hydrolysis) is 1. The van der Waals surface area contributed by atoms with E-state index in [1.807, 2.05) is 97.1 Å². The molecule has 4 aromatic rings. The Morgan fingerprint density at radius 2 is 1.62 bits per heavy atom. The molecule has 0 aliphatic carbocycles. The lowest BCUT2D eigenvalue weighted by Crippen LogP contribution is -2.52. The van der Waals surface area contributed by atoms with Crippen molar-refractivity contribution in [2.75, 3.05) is 11.5 Å². The smallest absolute Gasteiger partial charge is 0.407 e. The molecule has 170 valence electrons. The van der Waals surface area contributed by atoms with Gasteiger partial charge >= 0.3 is 12.1 Å². The van der Waals surface area contributed by atoms with Crippen LogP contribution in [-0.2, 0) is 9.53 Å². The average Bonchev–Trinajstić information content (AvgIpc) is 3.49. The largest absolute Gasteiger partial charge is 0.447 e. The lowest BCUT2D eigenvalue weighted by Gasteiger charge is -2.35. The number of β-lactam (4-membered cyclic amide) rings is 1. The third-order valence-corrected chi connectivity index (χ3v) is 5.66. The number of nitrogens with zero attached hydrogens (tertiary/aromatic N) is 2. The van der Waals surface area contributed by atoms with Crippen molar-refractivity contribution in [1.82, 2.24) is 10.3 Å². The molecule has 34 heavy (non-hydrogen) atoms. The van der Waals surface area contributed by atoms with E-state index in [0.29, 0.717) is 24.6 Å². The third-order valence-electron chi connectivity index (χ3n) is 5.66. The number of oxazole rings is 1. The minimum absolute atomic E-state index is 0.000711. The third kappa shape index (κ3) is 4.68. The number of nitrogens with one attached hydrogen (secondary N) is 1. The SMILES string of the molecule is O=C1C[C@@H](/C=C/c2ccccc2)N1c1nc2ccccc2o1.O=C1N[C@@H](c2ccccc2)CO1. The van der Waals surface area contributed by atoms with Crippen LogP contribution in [0.2, 0.25) is 0 Å². The number of amides is 2. The van der Waals surface area contributed by atoms with Crippen molar-refractivity contribution in [3.63, 3.8) is 0 Å². The number of carbonyl (C=O) groups is 2. The first-order valence-electron chi connectivity index (χ1n) is 11.1. The predicted molar refractivity (Wildman–Crippen MR) is 129 cm³/mol. The minimum Gasteiger partial charge on any atom is -0.447 e. The summed E-state index contributed by atoms with van der Waals surface area (Å²) in [4.78, 5) is 28.6. The Kier molecular flexibility index (Phi) is 6.07. The molecule has 2 saturated heterocycles.